The highest BCUT2D eigenvalue weighted by Gasteiger charge is 2.22. The molecule has 0 unspecified atom stereocenters. The van der Waals surface area contributed by atoms with Gasteiger partial charge in [-0.15, -0.1) is 0 Å². The van der Waals surface area contributed by atoms with Crippen LogP contribution < -0.4 is 0 Å². The van der Waals surface area contributed by atoms with Gasteiger partial charge in [-0.3, -0.25) is 16.6 Å². The third kappa shape index (κ3) is 0.888. The maximum atomic E-state index is 10.6. The van der Waals surface area contributed by atoms with Gasteiger partial charge in [-0.1, -0.05) is 5.18 Å². The molecule has 0 spiro atoms. The Morgan fingerprint density at radius 1 is 1.75 bits per heavy atom. The number of nitroso groups, excluding NO2 is 1. The molecule has 1 aliphatic rings. The monoisotopic (exact) mass is 135 g/mol. The average Bonchev–Trinajstić information content (AvgIpc) is 2.14. The Hall–Kier alpha value is -0.380. The highest BCUT2D eigenvalue weighted by molar-refractivity contribution is 8.14. The van der Waals surface area contributed by atoms with Crippen LogP contribution in [0.1, 0.15) is 6.42 Å². The molecule has 4 heteroatoms. The molecule has 1 rings (SSSR count). The van der Waals surface area contributed by atoms with Crippen LogP contribution in [0.2, 0.25) is 0 Å². The van der Waals surface area contributed by atoms with Crippen molar-refractivity contribution in [3.8, 4) is 0 Å². The zero-order chi connectivity index (χ0) is 5.98. The van der Waals surface area contributed by atoms with Gasteiger partial charge in [0.05, 0.1) is 0 Å². The summed E-state index contributed by atoms with van der Waals surface area (Å²) in [5.74, 6) is 0.981. The number of nitrogens with zero attached hydrogens (tertiary/aromatic N) is 1. The van der Waals surface area contributed by atoms with Crippen LogP contribution in [0.15, 0.2) is 5.18 Å². The summed E-state index contributed by atoms with van der Waals surface area (Å²) in [5, 5.41) is 2.86. The van der Waals surface area contributed by atoms with Crippen molar-refractivity contribution in [1.82, 2.24) is 0 Å². The fraction of sp³-hybridized carbons (Fsp3) is 0.750. The lowest BCUT2D eigenvalue weighted by Crippen LogP contribution is -2.05. The molecule has 3 nitrogen and oxygen atoms in total. The first-order valence-corrected chi connectivity index (χ1v) is 4.40. The first kappa shape index (κ1) is 5.75. The van der Waals surface area contributed by atoms with Crippen molar-refractivity contribution in [2.45, 2.75) is 12.5 Å². The second kappa shape index (κ2) is 2.26. The average molecular weight is 135 g/mol. The van der Waals surface area contributed by atoms with Crippen LogP contribution in [-0.4, -0.2) is 16.9 Å². The molecular formula is C4H9NO2S. The second-order valence-electron chi connectivity index (χ2n) is 1.98. The molecule has 0 aromatic heterocycles. The van der Waals surface area contributed by atoms with Crippen LogP contribution in [0.25, 0.3) is 0 Å². The van der Waals surface area contributed by atoms with Gasteiger partial charge in [-0.25, -0.2) is 0 Å². The Morgan fingerprint density at radius 2 is 2.50 bits per heavy atom. The van der Waals surface area contributed by atoms with E-state index in [1.54, 1.807) is 0 Å². The van der Waals surface area contributed by atoms with Gasteiger partial charge in [-0.2, -0.15) is 4.91 Å². The minimum atomic E-state index is -0.523. The van der Waals surface area contributed by atoms with Crippen molar-refractivity contribution in [3.63, 3.8) is 0 Å². The molecule has 0 aliphatic carbocycles. The van der Waals surface area contributed by atoms with Crippen molar-refractivity contribution in [2.75, 3.05) is 5.75 Å². The van der Waals surface area contributed by atoms with Gasteiger partial charge in [-0.05, 0) is 12.2 Å². The summed E-state index contributed by atoms with van der Waals surface area (Å²) in [4.78, 5) is 20.3. The van der Waals surface area contributed by atoms with E-state index in [0.29, 0.717) is 0 Å². The molecule has 1 fully saturated rings. The molecule has 1 heterocycles. The Balaban J connectivity index is 2.54. The molecule has 48 valence electrons. The zero-order valence-corrected chi connectivity index (χ0v) is 5.88. The van der Waals surface area contributed by atoms with E-state index in [0.717, 1.165) is 12.2 Å². The van der Waals surface area contributed by atoms with Crippen LogP contribution in [-0.2, 0) is 4.79 Å². The summed E-state index contributed by atoms with van der Waals surface area (Å²) < 4.78 is 0. The standard InChI is InChI=1S/C4H9NO2S/c6-4-3(5-7)1-2-8-4/h3H,1-2H2,8H4/t3-/m0/s1. The van der Waals surface area contributed by atoms with E-state index >= 15 is 0 Å². The van der Waals surface area contributed by atoms with Crippen molar-refractivity contribution < 1.29 is 4.79 Å². The first-order chi connectivity index (χ1) is 3.84. The van der Waals surface area contributed by atoms with Crippen molar-refractivity contribution >= 4 is 16.9 Å². The Labute approximate surface area is 50.8 Å². The summed E-state index contributed by atoms with van der Waals surface area (Å²) in [6.45, 7) is 0. The molecule has 1 saturated heterocycles. The minimum Gasteiger partial charge on any atom is -0.289 e. The predicted octanol–water partition coefficient (Wildman–Crippen LogP) is -0.286. The molecule has 0 bridgehead atoms. The maximum absolute atomic E-state index is 10.6. The summed E-state index contributed by atoms with van der Waals surface area (Å²) in [7, 11) is 0. The smallest absolute Gasteiger partial charge is 0.179 e. The Morgan fingerprint density at radius 3 is 2.75 bits per heavy atom. The zero-order valence-electron chi connectivity index (χ0n) is 4.46. The number of hydrogen-bond acceptors (Lipinski definition) is 3. The Bertz CT molecular complexity index is 125. The van der Waals surface area contributed by atoms with Crippen molar-refractivity contribution in [2.24, 2.45) is 5.18 Å². The SMILES string of the molecule is O=N[C@H]1CC[SH4]C1=O. The molecule has 0 aromatic rings. The van der Waals surface area contributed by atoms with Gasteiger partial charge in [0, 0.05) is 0 Å². The second-order valence-corrected chi connectivity index (χ2v) is 3.88. The number of hydrogen-bond donors (Lipinski definition) is 0. The molecule has 0 radical (unpaired) electrons. The molecule has 0 saturated carbocycles. The highest BCUT2D eigenvalue weighted by Crippen LogP contribution is 2.21. The van der Waals surface area contributed by atoms with Gasteiger partial charge >= 0.3 is 0 Å². The third-order valence-corrected chi connectivity index (χ3v) is 3.13. The lowest BCUT2D eigenvalue weighted by Gasteiger charge is -1.89. The summed E-state index contributed by atoms with van der Waals surface area (Å²) in [6, 6.07) is -0.443. The van der Waals surface area contributed by atoms with Crippen molar-refractivity contribution in [1.29, 1.82) is 0 Å². The quantitative estimate of drug-likeness (QED) is 0.464. The number of carbonyl (C=O) groups is 1. The van der Waals surface area contributed by atoms with Gasteiger partial charge in [0.15, 0.2) is 11.2 Å². The lowest BCUT2D eigenvalue weighted by molar-refractivity contribution is -0.111. The Kier molecular flexibility index (Phi) is 1.62. The van der Waals surface area contributed by atoms with Crippen LogP contribution in [0.3, 0.4) is 0 Å². The molecule has 1 aliphatic heterocycles. The van der Waals surface area contributed by atoms with E-state index in [1.807, 2.05) is 0 Å². The van der Waals surface area contributed by atoms with E-state index in [1.165, 1.54) is 0 Å². The van der Waals surface area contributed by atoms with E-state index in [2.05, 4.69) is 5.18 Å². The summed E-state index contributed by atoms with van der Waals surface area (Å²) in [6.07, 6.45) is 0.731. The number of rotatable bonds is 1. The first-order valence-electron chi connectivity index (χ1n) is 2.70. The van der Waals surface area contributed by atoms with Crippen LogP contribution in [0, 0.1) is 4.91 Å². The lowest BCUT2D eigenvalue weighted by atomic mass is 10.3. The highest BCUT2D eigenvalue weighted by atomic mass is 32.2. The normalized spacial score (nSPS) is 29.5. The van der Waals surface area contributed by atoms with Gasteiger partial charge < -0.3 is 0 Å². The number of carbonyl (C=O) groups excluding carboxylic acids is 1. The molecule has 0 N–H and O–H groups in total. The molecule has 0 aromatic carbocycles. The van der Waals surface area contributed by atoms with Crippen LogP contribution >= 0.6 is 11.8 Å². The van der Waals surface area contributed by atoms with Gasteiger partial charge in [0.1, 0.15) is 0 Å². The van der Waals surface area contributed by atoms with E-state index in [4.69, 9.17) is 0 Å². The molecule has 8 heavy (non-hydrogen) atoms. The van der Waals surface area contributed by atoms with Gasteiger partial charge in [0.2, 0.25) is 0 Å². The topological polar surface area (TPSA) is 46.5 Å². The van der Waals surface area contributed by atoms with E-state index in [9.17, 15) is 9.70 Å². The fourth-order valence-electron chi connectivity index (χ4n) is 0.909. The van der Waals surface area contributed by atoms with Crippen LogP contribution in [0.5, 0.6) is 0 Å². The minimum absolute atomic E-state index is 0.153. The van der Waals surface area contributed by atoms with Gasteiger partial charge in [0.25, 0.3) is 0 Å². The molecule has 0 amide bonds. The van der Waals surface area contributed by atoms with E-state index in [-0.39, 0.29) is 5.12 Å². The summed E-state index contributed by atoms with van der Waals surface area (Å²) in [5.41, 5.74) is 0. The van der Waals surface area contributed by atoms with Crippen LogP contribution in [0.4, 0.5) is 0 Å². The molecule has 1 atom stereocenters. The van der Waals surface area contributed by atoms with Crippen molar-refractivity contribution in [3.05, 3.63) is 4.91 Å². The molecular weight excluding hydrogens is 126 g/mol. The fourth-order valence-corrected chi connectivity index (χ4v) is 2.46. The third-order valence-electron chi connectivity index (χ3n) is 1.40. The maximum Gasteiger partial charge on any atom is 0.179 e. The largest absolute Gasteiger partial charge is 0.289 e. The predicted molar refractivity (Wildman–Crippen MR) is 37.2 cm³/mol. The van der Waals surface area contributed by atoms with E-state index < -0.39 is 17.8 Å². The summed E-state index contributed by atoms with van der Waals surface area (Å²) >= 11 is -0.523.